The Bertz CT molecular complexity index is 292. The second-order valence-corrected chi connectivity index (χ2v) is 5.40. The Hall–Kier alpha value is -1.30. The minimum Gasteiger partial charge on any atom is -0.481 e. The van der Waals surface area contributed by atoms with Gasteiger partial charge in [-0.1, -0.05) is 27.7 Å². The Morgan fingerprint density at radius 1 is 1.11 bits per heavy atom. The van der Waals surface area contributed by atoms with Crippen LogP contribution in [-0.2, 0) is 4.79 Å². The van der Waals surface area contributed by atoms with Crippen LogP contribution in [0, 0.1) is 17.8 Å². The molecule has 2 unspecified atom stereocenters. The van der Waals surface area contributed by atoms with Crippen LogP contribution in [-0.4, -0.2) is 41.4 Å². The number of rotatable bonds is 8. The van der Waals surface area contributed by atoms with Crippen LogP contribution in [0.3, 0.4) is 0 Å². The summed E-state index contributed by atoms with van der Waals surface area (Å²) < 4.78 is 0. The summed E-state index contributed by atoms with van der Waals surface area (Å²) in [5.74, 6) is -0.539. The van der Waals surface area contributed by atoms with Gasteiger partial charge in [0, 0.05) is 25.1 Å². The number of hydrogen-bond donors (Lipinski definition) is 4. The molecule has 6 nitrogen and oxygen atoms in total. The second kappa shape index (κ2) is 8.74. The summed E-state index contributed by atoms with van der Waals surface area (Å²) in [5.41, 5.74) is 0. The molecule has 19 heavy (non-hydrogen) atoms. The number of amides is 2. The van der Waals surface area contributed by atoms with Gasteiger partial charge < -0.3 is 20.8 Å². The summed E-state index contributed by atoms with van der Waals surface area (Å²) in [6.45, 7) is 8.06. The zero-order valence-corrected chi connectivity index (χ0v) is 12.1. The average molecular weight is 274 g/mol. The Kier molecular flexibility index (Phi) is 8.14. The first-order valence-corrected chi connectivity index (χ1v) is 6.66. The van der Waals surface area contributed by atoms with Gasteiger partial charge in [0.2, 0.25) is 0 Å². The Balaban J connectivity index is 4.41. The number of carboxylic acids is 1. The van der Waals surface area contributed by atoms with Crippen molar-refractivity contribution in [3.8, 4) is 0 Å². The Morgan fingerprint density at radius 3 is 2.05 bits per heavy atom. The molecule has 2 atom stereocenters. The lowest BCUT2D eigenvalue weighted by atomic mass is 9.83. The van der Waals surface area contributed by atoms with Gasteiger partial charge in [-0.25, -0.2) is 4.79 Å². The van der Waals surface area contributed by atoms with E-state index in [2.05, 4.69) is 10.6 Å². The summed E-state index contributed by atoms with van der Waals surface area (Å²) in [7, 11) is 0. The fourth-order valence-corrected chi connectivity index (χ4v) is 1.99. The van der Waals surface area contributed by atoms with E-state index in [4.69, 9.17) is 5.11 Å². The van der Waals surface area contributed by atoms with E-state index < -0.39 is 5.97 Å². The minimum atomic E-state index is -0.948. The molecule has 0 aliphatic carbocycles. The molecule has 0 saturated heterocycles. The predicted octanol–water partition coefficient (Wildman–Crippen LogP) is 1.05. The number of carbonyl (C=O) groups excluding carboxylic acids is 1. The van der Waals surface area contributed by atoms with Crippen molar-refractivity contribution in [2.75, 3.05) is 13.2 Å². The average Bonchev–Trinajstić information content (AvgIpc) is 2.27. The van der Waals surface area contributed by atoms with Crippen LogP contribution >= 0.6 is 0 Å². The van der Waals surface area contributed by atoms with Crippen molar-refractivity contribution >= 4 is 12.0 Å². The summed E-state index contributed by atoms with van der Waals surface area (Å²) in [6, 6.07) is -0.533. The molecule has 0 aromatic rings. The van der Waals surface area contributed by atoms with Gasteiger partial charge in [0.1, 0.15) is 0 Å². The highest BCUT2D eigenvalue weighted by atomic mass is 16.4. The Morgan fingerprint density at radius 2 is 1.68 bits per heavy atom. The maximum Gasteiger partial charge on any atom is 0.315 e. The minimum absolute atomic E-state index is 0.00984. The third-order valence-corrected chi connectivity index (χ3v) is 3.17. The lowest BCUT2D eigenvalue weighted by Crippen LogP contribution is -2.50. The van der Waals surface area contributed by atoms with Crippen molar-refractivity contribution in [1.29, 1.82) is 0 Å². The van der Waals surface area contributed by atoms with Crippen LogP contribution < -0.4 is 10.6 Å². The zero-order valence-electron chi connectivity index (χ0n) is 12.1. The normalized spacial score (nSPS) is 14.3. The van der Waals surface area contributed by atoms with E-state index in [-0.39, 0.29) is 49.4 Å². The van der Waals surface area contributed by atoms with E-state index in [0.717, 1.165) is 0 Å². The number of aliphatic carboxylic acids is 1. The topological polar surface area (TPSA) is 98.7 Å². The molecule has 0 aliphatic rings. The molecular weight excluding hydrogens is 248 g/mol. The smallest absolute Gasteiger partial charge is 0.315 e. The third kappa shape index (κ3) is 7.00. The molecule has 0 heterocycles. The van der Waals surface area contributed by atoms with E-state index in [1.54, 1.807) is 0 Å². The number of aliphatic hydroxyl groups excluding tert-OH is 1. The standard InChI is InChI=1S/C13H26N2O4/c1-8(2)10(7-16)12(9(3)4)15-13(19)14-6-5-11(17)18/h8-10,12,16H,5-7H2,1-4H3,(H,17,18)(H2,14,15,19). The first-order chi connectivity index (χ1) is 8.79. The van der Waals surface area contributed by atoms with Crippen LogP contribution in [0.4, 0.5) is 4.79 Å². The molecule has 6 heteroatoms. The van der Waals surface area contributed by atoms with E-state index in [0.29, 0.717) is 0 Å². The highest BCUT2D eigenvalue weighted by Gasteiger charge is 2.27. The molecule has 0 aliphatic heterocycles. The lowest BCUT2D eigenvalue weighted by Gasteiger charge is -2.32. The van der Waals surface area contributed by atoms with Crippen LogP contribution in [0.25, 0.3) is 0 Å². The molecule has 0 saturated carbocycles. The monoisotopic (exact) mass is 274 g/mol. The first kappa shape index (κ1) is 17.7. The Labute approximate surface area is 114 Å². The third-order valence-electron chi connectivity index (χ3n) is 3.17. The van der Waals surface area contributed by atoms with Gasteiger partial charge in [-0.3, -0.25) is 4.79 Å². The van der Waals surface area contributed by atoms with Crippen LogP contribution in [0.15, 0.2) is 0 Å². The quantitative estimate of drug-likeness (QED) is 0.531. The number of hydrogen-bond acceptors (Lipinski definition) is 3. The SMILES string of the molecule is CC(C)C(CO)C(NC(=O)NCCC(=O)O)C(C)C. The molecular formula is C13H26N2O4. The van der Waals surface area contributed by atoms with Gasteiger partial charge in [-0.05, 0) is 11.8 Å². The molecule has 2 amide bonds. The van der Waals surface area contributed by atoms with E-state index >= 15 is 0 Å². The maximum absolute atomic E-state index is 11.7. The van der Waals surface area contributed by atoms with Gasteiger partial charge >= 0.3 is 12.0 Å². The number of carbonyl (C=O) groups is 2. The van der Waals surface area contributed by atoms with Gasteiger partial charge in [-0.2, -0.15) is 0 Å². The van der Waals surface area contributed by atoms with Crippen molar-refractivity contribution in [1.82, 2.24) is 10.6 Å². The summed E-state index contributed by atoms with van der Waals surface area (Å²) >= 11 is 0. The van der Waals surface area contributed by atoms with Crippen LogP contribution in [0.5, 0.6) is 0 Å². The van der Waals surface area contributed by atoms with Crippen molar-refractivity contribution in [3.05, 3.63) is 0 Å². The highest BCUT2D eigenvalue weighted by Crippen LogP contribution is 2.20. The molecule has 0 aromatic heterocycles. The molecule has 0 rings (SSSR count). The maximum atomic E-state index is 11.7. The molecule has 0 fully saturated rings. The van der Waals surface area contributed by atoms with E-state index in [9.17, 15) is 14.7 Å². The van der Waals surface area contributed by atoms with Gasteiger partial charge in [0.25, 0.3) is 0 Å². The van der Waals surface area contributed by atoms with Crippen molar-refractivity contribution < 1.29 is 19.8 Å². The fourth-order valence-electron chi connectivity index (χ4n) is 1.99. The molecule has 0 radical (unpaired) electrons. The number of aliphatic hydroxyl groups is 1. The van der Waals surface area contributed by atoms with Crippen molar-refractivity contribution in [2.45, 2.75) is 40.2 Å². The predicted molar refractivity (Wildman–Crippen MR) is 72.8 cm³/mol. The van der Waals surface area contributed by atoms with Gasteiger partial charge in [-0.15, -0.1) is 0 Å². The molecule has 0 spiro atoms. The summed E-state index contributed by atoms with van der Waals surface area (Å²) in [6.07, 6.45) is -0.104. The lowest BCUT2D eigenvalue weighted by molar-refractivity contribution is -0.136. The van der Waals surface area contributed by atoms with E-state index in [1.165, 1.54) is 0 Å². The number of urea groups is 1. The van der Waals surface area contributed by atoms with Gasteiger partial charge in [0.05, 0.1) is 6.42 Å². The fraction of sp³-hybridized carbons (Fsp3) is 0.846. The molecule has 112 valence electrons. The van der Waals surface area contributed by atoms with Crippen LogP contribution in [0.2, 0.25) is 0 Å². The first-order valence-electron chi connectivity index (χ1n) is 6.66. The largest absolute Gasteiger partial charge is 0.481 e. The number of nitrogens with one attached hydrogen (secondary N) is 2. The molecule has 4 N–H and O–H groups in total. The molecule has 0 aromatic carbocycles. The van der Waals surface area contributed by atoms with Gasteiger partial charge in [0.15, 0.2) is 0 Å². The second-order valence-electron chi connectivity index (χ2n) is 5.40. The van der Waals surface area contributed by atoms with Crippen molar-refractivity contribution in [2.24, 2.45) is 17.8 Å². The molecule has 0 bridgehead atoms. The summed E-state index contributed by atoms with van der Waals surface area (Å²) in [5, 5.41) is 23.2. The zero-order chi connectivity index (χ0) is 15.0. The van der Waals surface area contributed by atoms with Crippen LogP contribution in [0.1, 0.15) is 34.1 Å². The van der Waals surface area contributed by atoms with Crippen molar-refractivity contribution in [3.63, 3.8) is 0 Å². The van der Waals surface area contributed by atoms with E-state index in [1.807, 2.05) is 27.7 Å². The number of carboxylic acid groups (broad SMARTS) is 1. The summed E-state index contributed by atoms with van der Waals surface area (Å²) in [4.78, 5) is 22.0. The highest BCUT2D eigenvalue weighted by molar-refractivity contribution is 5.75.